The number of hydrogen-bond acceptors (Lipinski definition) is 4. The number of halogens is 1. The number of aromatic nitrogens is 4. The lowest BCUT2D eigenvalue weighted by Crippen LogP contribution is -2.04. The van der Waals surface area contributed by atoms with Crippen LogP contribution in [-0.4, -0.2) is 26.3 Å². The van der Waals surface area contributed by atoms with Crippen LogP contribution in [0.25, 0.3) is 11.3 Å². The van der Waals surface area contributed by atoms with E-state index in [-0.39, 0.29) is 0 Å². The number of pyridine rings is 1. The van der Waals surface area contributed by atoms with Crippen LogP contribution in [0.2, 0.25) is 5.02 Å². The molecule has 0 atom stereocenters. The van der Waals surface area contributed by atoms with Crippen LogP contribution >= 0.6 is 11.6 Å². The zero-order chi connectivity index (χ0) is 14.7. The first-order valence-corrected chi connectivity index (χ1v) is 6.69. The van der Waals surface area contributed by atoms with Gasteiger partial charge >= 0.3 is 0 Å². The molecular weight excluding hydrogens is 288 g/mol. The van der Waals surface area contributed by atoms with Gasteiger partial charge in [0.2, 0.25) is 0 Å². The molecule has 0 saturated carbocycles. The van der Waals surface area contributed by atoms with Crippen molar-refractivity contribution in [2.75, 3.05) is 0 Å². The van der Waals surface area contributed by atoms with E-state index >= 15 is 0 Å². The van der Waals surface area contributed by atoms with Crippen LogP contribution < -0.4 is 0 Å². The molecule has 3 rings (SSSR count). The van der Waals surface area contributed by atoms with E-state index in [1.807, 2.05) is 36.4 Å². The van der Waals surface area contributed by atoms with Crippen molar-refractivity contribution >= 4 is 17.9 Å². The van der Waals surface area contributed by atoms with Gasteiger partial charge in [-0.1, -0.05) is 28.9 Å². The molecule has 0 aliphatic carbocycles. The fourth-order valence-electron chi connectivity index (χ4n) is 2.13. The molecule has 6 heteroatoms. The molecule has 0 fully saturated rings. The predicted molar refractivity (Wildman–Crippen MR) is 79.2 cm³/mol. The Labute approximate surface area is 126 Å². The molecule has 0 spiro atoms. The molecule has 0 N–H and O–H groups in total. The Morgan fingerprint density at radius 3 is 2.71 bits per heavy atom. The van der Waals surface area contributed by atoms with Crippen molar-refractivity contribution in [1.29, 1.82) is 0 Å². The van der Waals surface area contributed by atoms with Gasteiger partial charge in [0.25, 0.3) is 0 Å². The standard InChI is InChI=1S/C15H11ClN4O/c16-13-3-1-2-11(8-13)9-20-15(14(10-21)18-19-20)12-4-6-17-7-5-12/h1-8,10H,9H2. The highest BCUT2D eigenvalue weighted by Gasteiger charge is 2.14. The van der Waals surface area contributed by atoms with Crippen LogP contribution in [0.3, 0.4) is 0 Å². The second-order valence-corrected chi connectivity index (χ2v) is 4.90. The normalized spacial score (nSPS) is 10.5. The summed E-state index contributed by atoms with van der Waals surface area (Å²) in [5.41, 5.74) is 2.81. The molecule has 0 radical (unpaired) electrons. The lowest BCUT2D eigenvalue weighted by Gasteiger charge is -2.07. The van der Waals surface area contributed by atoms with Crippen molar-refractivity contribution in [3.8, 4) is 11.3 Å². The summed E-state index contributed by atoms with van der Waals surface area (Å²) in [5, 5.41) is 8.64. The van der Waals surface area contributed by atoms with Crippen LogP contribution in [0.5, 0.6) is 0 Å². The number of aldehydes is 1. The van der Waals surface area contributed by atoms with E-state index in [0.29, 0.717) is 29.2 Å². The maximum absolute atomic E-state index is 11.2. The highest BCUT2D eigenvalue weighted by Crippen LogP contribution is 2.22. The summed E-state index contributed by atoms with van der Waals surface area (Å²) in [6.45, 7) is 0.485. The molecule has 0 saturated heterocycles. The number of nitrogens with zero attached hydrogens (tertiary/aromatic N) is 4. The predicted octanol–water partition coefficient (Wildman–Crippen LogP) is 2.85. The van der Waals surface area contributed by atoms with Gasteiger partial charge < -0.3 is 0 Å². The Kier molecular flexibility index (Phi) is 3.75. The molecule has 0 unspecified atom stereocenters. The Balaban J connectivity index is 2.04. The Bertz CT molecular complexity index is 770. The molecule has 2 aromatic heterocycles. The number of benzene rings is 1. The van der Waals surface area contributed by atoms with E-state index in [9.17, 15) is 4.79 Å². The lowest BCUT2D eigenvalue weighted by molar-refractivity contribution is 0.111. The van der Waals surface area contributed by atoms with Crippen molar-refractivity contribution in [2.24, 2.45) is 0 Å². The van der Waals surface area contributed by atoms with Gasteiger partial charge in [-0.2, -0.15) is 0 Å². The molecular formula is C15H11ClN4O. The summed E-state index contributed by atoms with van der Waals surface area (Å²) in [5.74, 6) is 0. The highest BCUT2D eigenvalue weighted by molar-refractivity contribution is 6.30. The van der Waals surface area contributed by atoms with Crippen LogP contribution in [0.1, 0.15) is 16.1 Å². The topological polar surface area (TPSA) is 60.7 Å². The molecule has 104 valence electrons. The van der Waals surface area contributed by atoms with Gasteiger partial charge in [-0.05, 0) is 29.8 Å². The zero-order valence-corrected chi connectivity index (χ0v) is 11.7. The quantitative estimate of drug-likeness (QED) is 0.695. The van der Waals surface area contributed by atoms with E-state index in [2.05, 4.69) is 15.3 Å². The smallest absolute Gasteiger partial charge is 0.172 e. The average Bonchev–Trinajstić information content (AvgIpc) is 2.91. The van der Waals surface area contributed by atoms with E-state index < -0.39 is 0 Å². The first-order chi connectivity index (χ1) is 10.3. The van der Waals surface area contributed by atoms with E-state index in [0.717, 1.165) is 11.1 Å². The Hall–Kier alpha value is -2.53. The first kappa shape index (κ1) is 13.5. The van der Waals surface area contributed by atoms with Crippen molar-refractivity contribution < 1.29 is 4.79 Å². The number of carbonyl (C=O) groups is 1. The molecule has 0 aliphatic heterocycles. The fourth-order valence-corrected chi connectivity index (χ4v) is 2.34. The van der Waals surface area contributed by atoms with Gasteiger partial charge in [-0.3, -0.25) is 9.78 Å². The first-order valence-electron chi connectivity index (χ1n) is 6.31. The molecule has 0 aliphatic rings. The van der Waals surface area contributed by atoms with Crippen LogP contribution in [0.15, 0.2) is 48.8 Å². The average molecular weight is 299 g/mol. The van der Waals surface area contributed by atoms with E-state index in [4.69, 9.17) is 11.6 Å². The second kappa shape index (κ2) is 5.85. The third kappa shape index (κ3) is 2.83. The van der Waals surface area contributed by atoms with Gasteiger partial charge in [0.05, 0.1) is 12.2 Å². The fraction of sp³-hybridized carbons (Fsp3) is 0.0667. The zero-order valence-electron chi connectivity index (χ0n) is 11.0. The molecule has 2 heterocycles. The molecule has 21 heavy (non-hydrogen) atoms. The summed E-state index contributed by atoms with van der Waals surface area (Å²) in [7, 11) is 0. The molecule has 0 bridgehead atoms. The number of rotatable bonds is 4. The highest BCUT2D eigenvalue weighted by atomic mass is 35.5. The van der Waals surface area contributed by atoms with Crippen LogP contribution in [-0.2, 0) is 6.54 Å². The van der Waals surface area contributed by atoms with Crippen LogP contribution in [0, 0.1) is 0 Å². The van der Waals surface area contributed by atoms with Crippen molar-refractivity contribution in [1.82, 2.24) is 20.0 Å². The number of hydrogen-bond donors (Lipinski definition) is 0. The third-order valence-electron chi connectivity index (χ3n) is 3.05. The molecule has 1 aromatic carbocycles. The van der Waals surface area contributed by atoms with E-state index in [1.165, 1.54) is 0 Å². The molecule has 3 aromatic rings. The minimum atomic E-state index is 0.309. The van der Waals surface area contributed by atoms with Crippen LogP contribution in [0.4, 0.5) is 0 Å². The third-order valence-corrected chi connectivity index (χ3v) is 3.28. The SMILES string of the molecule is O=Cc1nnn(Cc2cccc(Cl)c2)c1-c1ccncc1. The monoisotopic (exact) mass is 298 g/mol. The Morgan fingerprint density at radius 1 is 1.19 bits per heavy atom. The maximum atomic E-state index is 11.2. The molecule has 5 nitrogen and oxygen atoms in total. The minimum Gasteiger partial charge on any atom is -0.296 e. The Morgan fingerprint density at radius 2 is 2.00 bits per heavy atom. The summed E-state index contributed by atoms with van der Waals surface area (Å²) >= 11 is 5.99. The van der Waals surface area contributed by atoms with Gasteiger partial charge in [0, 0.05) is 23.0 Å². The summed E-state index contributed by atoms with van der Waals surface area (Å²) < 4.78 is 1.69. The van der Waals surface area contributed by atoms with Gasteiger partial charge in [-0.15, -0.1) is 5.10 Å². The summed E-state index contributed by atoms with van der Waals surface area (Å²) in [6, 6.07) is 11.1. The summed E-state index contributed by atoms with van der Waals surface area (Å²) in [6.07, 6.45) is 4.04. The van der Waals surface area contributed by atoms with Gasteiger partial charge in [0.1, 0.15) is 0 Å². The number of carbonyl (C=O) groups excluding carboxylic acids is 1. The van der Waals surface area contributed by atoms with Crippen molar-refractivity contribution in [2.45, 2.75) is 6.54 Å². The van der Waals surface area contributed by atoms with Crippen molar-refractivity contribution in [3.63, 3.8) is 0 Å². The van der Waals surface area contributed by atoms with E-state index in [1.54, 1.807) is 17.1 Å². The second-order valence-electron chi connectivity index (χ2n) is 4.46. The lowest BCUT2D eigenvalue weighted by atomic mass is 10.1. The van der Waals surface area contributed by atoms with Gasteiger partial charge in [-0.25, -0.2) is 4.68 Å². The summed E-state index contributed by atoms with van der Waals surface area (Å²) in [4.78, 5) is 15.1. The van der Waals surface area contributed by atoms with Crippen molar-refractivity contribution in [3.05, 3.63) is 65.1 Å². The van der Waals surface area contributed by atoms with Gasteiger partial charge in [0.15, 0.2) is 12.0 Å². The minimum absolute atomic E-state index is 0.309. The maximum Gasteiger partial charge on any atom is 0.172 e. The molecule has 0 amide bonds. The largest absolute Gasteiger partial charge is 0.296 e.